The molecule has 0 bridgehead atoms. The number of carbonyl (C=O) groups excluding carboxylic acids is 1. The molecule has 0 aliphatic rings. The third-order valence-electron chi connectivity index (χ3n) is 1.90. The number of hydrogen-bond acceptors (Lipinski definition) is 2. The first-order valence-corrected chi connectivity index (χ1v) is 5.64. The zero-order valence-electron chi connectivity index (χ0n) is 8.57. The third kappa shape index (κ3) is 4.93. The van der Waals surface area contributed by atoms with Crippen molar-refractivity contribution >= 4 is 33.5 Å². The Balaban J connectivity index is 2.37. The normalized spacial score (nSPS) is 9.81. The topological polar surface area (TPSA) is 66.4 Å². The summed E-state index contributed by atoms with van der Waals surface area (Å²) >= 11 is 3.29. The van der Waals surface area contributed by atoms with E-state index in [0.29, 0.717) is 12.1 Å². The third-order valence-corrected chi connectivity index (χ3v) is 2.40. The van der Waals surface area contributed by atoms with E-state index in [-0.39, 0.29) is 18.7 Å². The highest BCUT2D eigenvalue weighted by atomic mass is 79.9. The standard InChI is InChI=1S/C11H12BrNO3/c12-8-3-1-4-9(7-8)13-10(14)5-2-6-11(15)16/h1,3-4,7H,2,5-6H2,(H,13,14)(H,15,16). The van der Waals surface area contributed by atoms with Crippen LogP contribution < -0.4 is 5.32 Å². The second-order valence-electron chi connectivity index (χ2n) is 3.31. The van der Waals surface area contributed by atoms with Gasteiger partial charge in [0.25, 0.3) is 0 Å². The fourth-order valence-electron chi connectivity index (χ4n) is 1.19. The summed E-state index contributed by atoms with van der Waals surface area (Å²) in [6.07, 6.45) is 0.597. The van der Waals surface area contributed by atoms with Crippen molar-refractivity contribution in [1.29, 1.82) is 0 Å². The lowest BCUT2D eigenvalue weighted by Gasteiger charge is -2.04. The molecule has 1 amide bonds. The lowest BCUT2D eigenvalue weighted by atomic mass is 10.2. The lowest BCUT2D eigenvalue weighted by Crippen LogP contribution is -2.11. The maximum Gasteiger partial charge on any atom is 0.303 e. The Kier molecular flexibility index (Phi) is 4.98. The highest BCUT2D eigenvalue weighted by molar-refractivity contribution is 9.10. The van der Waals surface area contributed by atoms with Crippen LogP contribution in [0.5, 0.6) is 0 Å². The van der Waals surface area contributed by atoms with Crippen LogP contribution in [0.25, 0.3) is 0 Å². The monoisotopic (exact) mass is 285 g/mol. The fraction of sp³-hybridized carbons (Fsp3) is 0.273. The number of benzene rings is 1. The van der Waals surface area contributed by atoms with Gasteiger partial charge in [0.15, 0.2) is 0 Å². The van der Waals surface area contributed by atoms with Crippen molar-refractivity contribution in [2.24, 2.45) is 0 Å². The van der Waals surface area contributed by atoms with E-state index in [4.69, 9.17) is 5.11 Å². The maximum atomic E-state index is 11.4. The van der Waals surface area contributed by atoms with Crippen LogP contribution in [0, 0.1) is 0 Å². The van der Waals surface area contributed by atoms with Crippen LogP contribution in [0.15, 0.2) is 28.7 Å². The van der Waals surface area contributed by atoms with Crippen molar-refractivity contribution in [2.75, 3.05) is 5.32 Å². The average Bonchev–Trinajstić information content (AvgIpc) is 2.16. The van der Waals surface area contributed by atoms with E-state index < -0.39 is 5.97 Å². The second-order valence-corrected chi connectivity index (χ2v) is 4.22. The van der Waals surface area contributed by atoms with Crippen molar-refractivity contribution in [3.8, 4) is 0 Å². The van der Waals surface area contributed by atoms with Crippen LogP contribution in [0.3, 0.4) is 0 Å². The minimum absolute atomic E-state index is 0.0197. The van der Waals surface area contributed by atoms with E-state index in [1.54, 1.807) is 12.1 Å². The second kappa shape index (κ2) is 6.27. The van der Waals surface area contributed by atoms with E-state index >= 15 is 0 Å². The number of halogens is 1. The van der Waals surface area contributed by atoms with Gasteiger partial charge in [-0.25, -0.2) is 0 Å². The van der Waals surface area contributed by atoms with Crippen LogP contribution in [0.4, 0.5) is 5.69 Å². The minimum atomic E-state index is -0.879. The molecule has 0 unspecified atom stereocenters. The number of hydrogen-bond donors (Lipinski definition) is 2. The van der Waals surface area contributed by atoms with E-state index in [1.807, 2.05) is 12.1 Å². The summed E-state index contributed by atoms with van der Waals surface area (Å²) in [5.74, 6) is -1.05. The Labute approximate surface area is 102 Å². The number of carboxylic acid groups (broad SMARTS) is 1. The molecule has 0 fully saturated rings. The molecular weight excluding hydrogens is 274 g/mol. The van der Waals surface area contributed by atoms with Crippen molar-refractivity contribution in [2.45, 2.75) is 19.3 Å². The van der Waals surface area contributed by atoms with Crippen LogP contribution in [-0.4, -0.2) is 17.0 Å². The van der Waals surface area contributed by atoms with Gasteiger partial charge in [-0.1, -0.05) is 22.0 Å². The first-order valence-electron chi connectivity index (χ1n) is 4.85. The highest BCUT2D eigenvalue weighted by Gasteiger charge is 2.04. The fourth-order valence-corrected chi connectivity index (χ4v) is 1.59. The molecule has 16 heavy (non-hydrogen) atoms. The first kappa shape index (κ1) is 12.7. The Morgan fingerprint density at radius 3 is 2.69 bits per heavy atom. The van der Waals surface area contributed by atoms with Crippen molar-refractivity contribution in [1.82, 2.24) is 0 Å². The average molecular weight is 286 g/mol. The number of rotatable bonds is 5. The molecule has 0 spiro atoms. The van der Waals surface area contributed by atoms with Gasteiger partial charge in [-0.2, -0.15) is 0 Å². The molecule has 5 heteroatoms. The van der Waals surface area contributed by atoms with E-state index in [2.05, 4.69) is 21.2 Å². The quantitative estimate of drug-likeness (QED) is 0.874. The summed E-state index contributed by atoms with van der Waals surface area (Å²) in [5.41, 5.74) is 0.703. The number of nitrogens with one attached hydrogen (secondary N) is 1. The molecular formula is C11H12BrNO3. The molecule has 1 aromatic rings. The number of anilines is 1. The van der Waals surface area contributed by atoms with Crippen LogP contribution in [0.1, 0.15) is 19.3 Å². The molecule has 0 heterocycles. The molecule has 0 saturated carbocycles. The van der Waals surface area contributed by atoms with E-state index in [0.717, 1.165) is 4.47 Å². The van der Waals surface area contributed by atoms with Gasteiger partial charge in [0.05, 0.1) is 0 Å². The molecule has 86 valence electrons. The van der Waals surface area contributed by atoms with Gasteiger partial charge in [-0.3, -0.25) is 9.59 Å². The molecule has 1 rings (SSSR count). The van der Waals surface area contributed by atoms with Gasteiger partial charge in [-0.05, 0) is 24.6 Å². The number of carbonyl (C=O) groups is 2. The molecule has 4 nitrogen and oxygen atoms in total. The first-order chi connectivity index (χ1) is 7.58. The SMILES string of the molecule is O=C(O)CCCC(=O)Nc1cccc(Br)c1. The molecule has 0 saturated heterocycles. The lowest BCUT2D eigenvalue weighted by molar-refractivity contribution is -0.137. The van der Waals surface area contributed by atoms with Crippen LogP contribution in [-0.2, 0) is 9.59 Å². The van der Waals surface area contributed by atoms with Crippen LogP contribution >= 0.6 is 15.9 Å². The van der Waals surface area contributed by atoms with E-state index in [1.165, 1.54) is 0 Å². The maximum absolute atomic E-state index is 11.4. The van der Waals surface area contributed by atoms with Crippen molar-refractivity contribution in [3.63, 3.8) is 0 Å². The summed E-state index contributed by atoms with van der Waals surface area (Å²) in [6, 6.07) is 7.24. The zero-order valence-corrected chi connectivity index (χ0v) is 10.2. The molecule has 0 radical (unpaired) electrons. The molecule has 2 N–H and O–H groups in total. The molecule has 1 aromatic carbocycles. The summed E-state index contributed by atoms with van der Waals surface area (Å²) in [6.45, 7) is 0. The Morgan fingerprint density at radius 2 is 2.06 bits per heavy atom. The van der Waals surface area contributed by atoms with Gasteiger partial charge in [0, 0.05) is 23.0 Å². The molecule has 0 aliphatic carbocycles. The Bertz CT molecular complexity index is 393. The summed E-state index contributed by atoms with van der Waals surface area (Å²) in [5, 5.41) is 11.1. The van der Waals surface area contributed by atoms with Gasteiger partial charge >= 0.3 is 5.97 Å². The largest absolute Gasteiger partial charge is 0.481 e. The van der Waals surface area contributed by atoms with E-state index in [9.17, 15) is 9.59 Å². The van der Waals surface area contributed by atoms with Gasteiger partial charge in [0.2, 0.25) is 5.91 Å². The molecule has 0 aromatic heterocycles. The van der Waals surface area contributed by atoms with Crippen molar-refractivity contribution in [3.05, 3.63) is 28.7 Å². The number of carboxylic acids is 1. The van der Waals surface area contributed by atoms with Gasteiger partial charge in [0.1, 0.15) is 0 Å². The minimum Gasteiger partial charge on any atom is -0.481 e. The highest BCUT2D eigenvalue weighted by Crippen LogP contribution is 2.15. The predicted molar refractivity (Wildman–Crippen MR) is 64.3 cm³/mol. The number of amides is 1. The number of aliphatic carboxylic acids is 1. The van der Waals surface area contributed by atoms with Crippen molar-refractivity contribution < 1.29 is 14.7 Å². The molecule has 0 aliphatic heterocycles. The Morgan fingerprint density at radius 1 is 1.31 bits per heavy atom. The Hall–Kier alpha value is -1.36. The predicted octanol–water partition coefficient (Wildman–Crippen LogP) is 2.64. The summed E-state index contributed by atoms with van der Waals surface area (Å²) in [7, 11) is 0. The van der Waals surface area contributed by atoms with Gasteiger partial charge in [-0.15, -0.1) is 0 Å². The van der Waals surface area contributed by atoms with Crippen LogP contribution in [0.2, 0.25) is 0 Å². The smallest absolute Gasteiger partial charge is 0.303 e. The molecule has 0 atom stereocenters. The zero-order chi connectivity index (χ0) is 12.0. The van der Waals surface area contributed by atoms with Gasteiger partial charge < -0.3 is 10.4 Å². The summed E-state index contributed by atoms with van der Waals surface area (Å²) < 4.78 is 0.885. The summed E-state index contributed by atoms with van der Waals surface area (Å²) in [4.78, 5) is 21.6.